The van der Waals surface area contributed by atoms with Crippen LogP contribution in [-0.4, -0.2) is 53.3 Å². The number of benzene rings is 2. The number of nitrogens with two attached hydrogens (primary N) is 1. The van der Waals surface area contributed by atoms with Crippen molar-refractivity contribution in [3.63, 3.8) is 0 Å². The Hall–Kier alpha value is -4.42. The van der Waals surface area contributed by atoms with E-state index in [1.54, 1.807) is 0 Å². The summed E-state index contributed by atoms with van der Waals surface area (Å²) in [6.45, 7) is 3.61. The summed E-state index contributed by atoms with van der Waals surface area (Å²) in [5.74, 6) is -10.7. The number of nitrogens with zero attached hydrogens (tertiary/aromatic N) is 4. The van der Waals surface area contributed by atoms with Crippen LogP contribution in [0.15, 0.2) is 42.2 Å². The number of hydrogen-bond acceptors (Lipinski definition) is 6. The van der Waals surface area contributed by atoms with Crippen LogP contribution in [0.1, 0.15) is 29.7 Å². The summed E-state index contributed by atoms with van der Waals surface area (Å²) in [5, 5.41) is 0. The molecule has 210 valence electrons. The molecule has 0 radical (unpaired) electrons. The molecule has 0 aliphatic carbocycles. The molecule has 2 heterocycles. The van der Waals surface area contributed by atoms with Gasteiger partial charge in [0.1, 0.15) is 23.7 Å². The van der Waals surface area contributed by atoms with Crippen LogP contribution in [0.5, 0.6) is 11.5 Å². The Kier molecular flexibility index (Phi) is 8.40. The van der Waals surface area contributed by atoms with Gasteiger partial charge in [-0.05, 0) is 30.5 Å². The number of likely N-dealkylation sites (tertiary alicyclic amines) is 1. The first-order chi connectivity index (χ1) is 19.1. The van der Waals surface area contributed by atoms with Crippen LogP contribution in [0.3, 0.4) is 0 Å². The minimum absolute atomic E-state index is 0.0000359. The molecule has 1 amide bonds. The molecule has 1 atom stereocenters. The number of aromatic nitrogens is 2. The fourth-order valence-corrected chi connectivity index (χ4v) is 4.52. The van der Waals surface area contributed by atoms with Gasteiger partial charge in [-0.1, -0.05) is 6.58 Å². The van der Waals surface area contributed by atoms with Crippen molar-refractivity contribution < 1.29 is 35.9 Å². The molecule has 4 rings (SSSR count). The fraction of sp³-hybridized carbons (Fsp3) is 0.259. The van der Waals surface area contributed by atoms with Crippen molar-refractivity contribution >= 4 is 23.0 Å². The molecule has 1 aliphatic heterocycles. The van der Waals surface area contributed by atoms with Crippen LogP contribution in [0, 0.1) is 35.0 Å². The van der Waals surface area contributed by atoms with Crippen molar-refractivity contribution in [3.05, 3.63) is 83.1 Å². The van der Waals surface area contributed by atoms with Crippen LogP contribution in [0.25, 0.3) is 5.57 Å². The monoisotopic (exact) mass is 563 g/mol. The number of amides is 1. The molecule has 0 spiro atoms. The van der Waals surface area contributed by atoms with Crippen LogP contribution in [0.4, 0.5) is 32.2 Å². The van der Waals surface area contributed by atoms with Gasteiger partial charge in [0.05, 0.1) is 17.0 Å². The first-order valence-corrected chi connectivity index (χ1v) is 12.0. The van der Waals surface area contributed by atoms with Gasteiger partial charge in [-0.25, -0.2) is 27.5 Å². The molecule has 2 N–H and O–H groups in total. The molecule has 0 bridgehead atoms. The number of nitrogen functional groups attached to an aromatic ring is 1. The average Bonchev–Trinajstić information content (AvgIpc) is 2.95. The lowest BCUT2D eigenvalue weighted by atomic mass is 9.86. The molecule has 2 aromatic carbocycles. The standard InChI is InChI=1S/C27H23F6N5O2/c1-13(14-4-3-7-38(11-14)20(39)10-28)24-21(27(34)37-12-36-24)25(35-2)16-6-5-15(8-17(16)29)40-26-22(32)18(30)9-19(31)23(26)33/h5-6,8-9,12,14H,1,3-4,7,10-11H2,2H3,(H2,34,36,37)/t14-/m1/s1. The molecule has 13 heteroatoms. The third-order valence-corrected chi connectivity index (χ3v) is 6.51. The Morgan fingerprint density at radius 2 is 1.82 bits per heavy atom. The number of anilines is 1. The first kappa shape index (κ1) is 28.6. The fourth-order valence-electron chi connectivity index (χ4n) is 4.52. The number of rotatable bonds is 7. The topological polar surface area (TPSA) is 93.7 Å². The summed E-state index contributed by atoms with van der Waals surface area (Å²) in [7, 11) is 1.36. The summed E-state index contributed by atoms with van der Waals surface area (Å²) in [5.41, 5.74) is 6.87. The molecule has 0 saturated carbocycles. The molecule has 1 fully saturated rings. The number of alkyl halides is 1. The van der Waals surface area contributed by atoms with E-state index >= 15 is 4.39 Å². The Morgan fingerprint density at radius 3 is 2.45 bits per heavy atom. The van der Waals surface area contributed by atoms with Gasteiger partial charge < -0.3 is 15.4 Å². The highest BCUT2D eigenvalue weighted by atomic mass is 19.2. The molecular weight excluding hydrogens is 540 g/mol. The zero-order valence-electron chi connectivity index (χ0n) is 21.2. The maximum atomic E-state index is 15.4. The molecule has 1 saturated heterocycles. The van der Waals surface area contributed by atoms with Crippen LogP contribution < -0.4 is 10.5 Å². The third-order valence-electron chi connectivity index (χ3n) is 6.51. The summed E-state index contributed by atoms with van der Waals surface area (Å²) < 4.78 is 88.4. The maximum Gasteiger partial charge on any atom is 0.253 e. The van der Waals surface area contributed by atoms with Crippen LogP contribution in [0.2, 0.25) is 0 Å². The quantitative estimate of drug-likeness (QED) is 0.241. The highest BCUT2D eigenvalue weighted by Crippen LogP contribution is 2.35. The second-order valence-corrected chi connectivity index (χ2v) is 8.93. The van der Waals surface area contributed by atoms with E-state index in [0.717, 1.165) is 12.1 Å². The predicted octanol–water partition coefficient (Wildman–Crippen LogP) is 5.24. The van der Waals surface area contributed by atoms with Gasteiger partial charge in [0, 0.05) is 43.8 Å². The van der Waals surface area contributed by atoms with Crippen LogP contribution >= 0.6 is 0 Å². The van der Waals surface area contributed by atoms with Crippen LogP contribution in [-0.2, 0) is 4.79 Å². The van der Waals surface area contributed by atoms with E-state index in [9.17, 15) is 26.7 Å². The molecule has 1 aromatic heterocycles. The zero-order valence-corrected chi connectivity index (χ0v) is 21.2. The van der Waals surface area contributed by atoms with Gasteiger partial charge in [-0.3, -0.25) is 9.79 Å². The lowest BCUT2D eigenvalue weighted by Crippen LogP contribution is -2.41. The van der Waals surface area contributed by atoms with Crippen molar-refractivity contribution in [2.45, 2.75) is 12.8 Å². The minimum Gasteiger partial charge on any atom is -0.451 e. The van der Waals surface area contributed by atoms with E-state index in [1.165, 1.54) is 24.3 Å². The van der Waals surface area contributed by atoms with Gasteiger partial charge in [0.25, 0.3) is 5.91 Å². The van der Waals surface area contributed by atoms with E-state index in [4.69, 9.17) is 10.5 Å². The van der Waals surface area contributed by atoms with E-state index in [2.05, 4.69) is 21.5 Å². The van der Waals surface area contributed by atoms with E-state index in [-0.39, 0.29) is 46.9 Å². The van der Waals surface area contributed by atoms with E-state index in [0.29, 0.717) is 25.0 Å². The lowest BCUT2D eigenvalue weighted by Gasteiger charge is -2.33. The largest absolute Gasteiger partial charge is 0.451 e. The SMILES string of the molecule is C=C(c1ncnc(N)c1C(=NC)c1ccc(Oc2c(F)c(F)cc(F)c2F)cc1F)[C@@H]1CCCN(C(=O)CF)C1. The maximum absolute atomic E-state index is 15.4. The Bertz CT molecular complexity index is 1490. The van der Waals surface area contributed by atoms with Gasteiger partial charge in [0.2, 0.25) is 17.4 Å². The molecule has 40 heavy (non-hydrogen) atoms. The van der Waals surface area contributed by atoms with Crippen molar-refractivity contribution in [1.82, 2.24) is 14.9 Å². The van der Waals surface area contributed by atoms with Gasteiger partial charge in [-0.15, -0.1) is 0 Å². The van der Waals surface area contributed by atoms with Crippen molar-refractivity contribution in [2.75, 3.05) is 32.5 Å². The van der Waals surface area contributed by atoms with Crippen molar-refractivity contribution in [1.29, 1.82) is 0 Å². The molecule has 1 aliphatic rings. The summed E-state index contributed by atoms with van der Waals surface area (Å²) in [6.07, 6.45) is 2.42. The smallest absolute Gasteiger partial charge is 0.253 e. The highest BCUT2D eigenvalue weighted by molar-refractivity contribution is 6.17. The number of halogens is 6. The molecule has 0 unspecified atom stereocenters. The number of carbonyl (C=O) groups excluding carboxylic acids is 1. The van der Waals surface area contributed by atoms with Gasteiger partial charge in [-0.2, -0.15) is 8.78 Å². The first-order valence-electron chi connectivity index (χ1n) is 12.0. The highest BCUT2D eigenvalue weighted by Gasteiger charge is 2.30. The molecule has 3 aromatic rings. The second-order valence-electron chi connectivity index (χ2n) is 8.93. The normalized spacial score (nSPS) is 15.7. The van der Waals surface area contributed by atoms with Gasteiger partial charge >= 0.3 is 0 Å². The second kappa shape index (κ2) is 11.8. The summed E-state index contributed by atoms with van der Waals surface area (Å²) in [4.78, 5) is 25.7. The van der Waals surface area contributed by atoms with E-state index < -0.39 is 53.2 Å². The molecular formula is C27H23F6N5O2. The average molecular weight is 564 g/mol. The predicted molar refractivity (Wildman–Crippen MR) is 135 cm³/mol. The van der Waals surface area contributed by atoms with E-state index in [1.807, 2.05) is 0 Å². The lowest BCUT2D eigenvalue weighted by molar-refractivity contribution is -0.133. The number of piperidine rings is 1. The Labute approximate surface area is 225 Å². The third kappa shape index (κ3) is 5.49. The number of aliphatic imine (C=N–C) groups is 1. The number of hydrogen-bond donors (Lipinski definition) is 1. The van der Waals surface area contributed by atoms with Gasteiger partial charge in [0.15, 0.2) is 18.3 Å². The zero-order chi connectivity index (χ0) is 29.1. The van der Waals surface area contributed by atoms with Crippen molar-refractivity contribution in [2.24, 2.45) is 10.9 Å². The molecule has 7 nitrogen and oxygen atoms in total. The summed E-state index contributed by atoms with van der Waals surface area (Å²) in [6, 6.07) is 3.05. The minimum atomic E-state index is -1.79. The summed E-state index contributed by atoms with van der Waals surface area (Å²) >= 11 is 0. The Balaban J connectivity index is 1.69. The number of ether oxygens (including phenoxy) is 1. The Morgan fingerprint density at radius 1 is 1.12 bits per heavy atom. The number of carbonyl (C=O) groups is 1. The van der Waals surface area contributed by atoms with Crippen molar-refractivity contribution in [3.8, 4) is 11.5 Å².